The topological polar surface area (TPSA) is 66.4 Å². The zero-order valence-electron chi connectivity index (χ0n) is 8.57. The first-order chi connectivity index (χ1) is 8.00. The van der Waals surface area contributed by atoms with Crippen LogP contribution in [0.3, 0.4) is 0 Å². The van der Waals surface area contributed by atoms with Crippen LogP contribution in [0.4, 0.5) is 10.1 Å². The SMILES string of the molecule is O=C(O)CSCC(=O)Nc1c(F)cccc1Br. The lowest BCUT2D eigenvalue weighted by Crippen LogP contribution is -2.16. The van der Waals surface area contributed by atoms with Crippen LogP contribution in [0.2, 0.25) is 0 Å². The fraction of sp³-hybridized carbons (Fsp3) is 0.200. The molecular formula is C10H9BrFNO3S. The van der Waals surface area contributed by atoms with Gasteiger partial charge in [-0.2, -0.15) is 0 Å². The fourth-order valence-corrected chi connectivity index (χ4v) is 2.00. The molecule has 0 spiro atoms. The van der Waals surface area contributed by atoms with E-state index >= 15 is 0 Å². The largest absolute Gasteiger partial charge is 0.481 e. The lowest BCUT2D eigenvalue weighted by Gasteiger charge is -2.07. The highest BCUT2D eigenvalue weighted by molar-refractivity contribution is 9.10. The van der Waals surface area contributed by atoms with E-state index in [1.807, 2.05) is 0 Å². The summed E-state index contributed by atoms with van der Waals surface area (Å²) in [5.74, 6) is -2.17. The number of rotatable bonds is 5. The second kappa shape index (κ2) is 6.61. The number of halogens is 2. The van der Waals surface area contributed by atoms with Crippen LogP contribution in [0.15, 0.2) is 22.7 Å². The number of carbonyl (C=O) groups is 2. The molecule has 7 heteroatoms. The molecule has 0 atom stereocenters. The molecule has 0 saturated carbocycles. The van der Waals surface area contributed by atoms with Crippen molar-refractivity contribution in [1.29, 1.82) is 0 Å². The molecule has 0 aromatic heterocycles. The summed E-state index contributed by atoms with van der Waals surface area (Å²) in [7, 11) is 0. The third kappa shape index (κ3) is 4.74. The van der Waals surface area contributed by atoms with Crippen molar-refractivity contribution in [2.45, 2.75) is 0 Å². The van der Waals surface area contributed by atoms with Gasteiger partial charge in [0.05, 0.1) is 17.2 Å². The Labute approximate surface area is 110 Å². The standard InChI is InChI=1S/C10H9BrFNO3S/c11-6-2-1-3-7(12)10(6)13-8(14)4-17-5-9(15)16/h1-3H,4-5H2,(H,13,14)(H,15,16). The van der Waals surface area contributed by atoms with Gasteiger partial charge in [0.15, 0.2) is 0 Å². The van der Waals surface area contributed by atoms with Gasteiger partial charge >= 0.3 is 5.97 Å². The minimum absolute atomic E-state index is 0.0346. The van der Waals surface area contributed by atoms with E-state index in [1.165, 1.54) is 12.1 Å². The van der Waals surface area contributed by atoms with Crippen molar-refractivity contribution >= 4 is 45.3 Å². The van der Waals surface area contributed by atoms with Crippen molar-refractivity contribution in [1.82, 2.24) is 0 Å². The normalized spacial score (nSPS) is 10.0. The molecule has 17 heavy (non-hydrogen) atoms. The summed E-state index contributed by atoms with van der Waals surface area (Å²) in [6.07, 6.45) is 0. The summed E-state index contributed by atoms with van der Waals surface area (Å²) in [5.41, 5.74) is 0.0634. The number of para-hydroxylation sites is 1. The van der Waals surface area contributed by atoms with Gasteiger partial charge in [-0.05, 0) is 28.1 Å². The van der Waals surface area contributed by atoms with Crippen molar-refractivity contribution in [2.75, 3.05) is 16.8 Å². The van der Waals surface area contributed by atoms with Crippen LogP contribution in [0, 0.1) is 5.82 Å². The van der Waals surface area contributed by atoms with E-state index in [9.17, 15) is 14.0 Å². The quantitative estimate of drug-likeness (QED) is 0.873. The van der Waals surface area contributed by atoms with Crippen molar-refractivity contribution < 1.29 is 19.1 Å². The first kappa shape index (κ1) is 14.0. The average Bonchev–Trinajstić information content (AvgIpc) is 2.23. The van der Waals surface area contributed by atoms with Gasteiger partial charge in [-0.3, -0.25) is 9.59 Å². The third-order valence-corrected chi connectivity index (χ3v) is 3.26. The molecule has 0 bridgehead atoms. The molecule has 0 aliphatic carbocycles. The molecule has 1 rings (SSSR count). The van der Waals surface area contributed by atoms with Crippen LogP contribution in [0.5, 0.6) is 0 Å². The highest BCUT2D eigenvalue weighted by atomic mass is 79.9. The van der Waals surface area contributed by atoms with E-state index in [1.54, 1.807) is 6.07 Å². The Bertz CT molecular complexity index is 421. The predicted octanol–water partition coefficient (Wildman–Crippen LogP) is 2.34. The molecule has 0 radical (unpaired) electrons. The number of amides is 1. The Balaban J connectivity index is 2.53. The van der Waals surface area contributed by atoms with Gasteiger partial charge in [0.25, 0.3) is 0 Å². The number of carboxylic acid groups (broad SMARTS) is 1. The van der Waals surface area contributed by atoms with Crippen LogP contribution < -0.4 is 5.32 Å². The van der Waals surface area contributed by atoms with Crippen molar-refractivity contribution in [3.63, 3.8) is 0 Å². The second-order valence-electron chi connectivity index (χ2n) is 3.03. The number of anilines is 1. The van der Waals surface area contributed by atoms with Gasteiger partial charge in [0.2, 0.25) is 5.91 Å². The maximum Gasteiger partial charge on any atom is 0.313 e. The van der Waals surface area contributed by atoms with E-state index in [0.29, 0.717) is 4.47 Å². The summed E-state index contributed by atoms with van der Waals surface area (Å²) < 4.78 is 13.8. The number of carbonyl (C=O) groups excluding carboxylic acids is 1. The Morgan fingerprint density at radius 1 is 1.41 bits per heavy atom. The van der Waals surface area contributed by atoms with Gasteiger partial charge in [0, 0.05) is 4.47 Å². The Kier molecular flexibility index (Phi) is 5.43. The summed E-state index contributed by atoms with van der Waals surface area (Å²) in [4.78, 5) is 21.6. The second-order valence-corrected chi connectivity index (χ2v) is 4.87. The molecule has 0 aliphatic heterocycles. The molecular weight excluding hydrogens is 313 g/mol. The average molecular weight is 322 g/mol. The van der Waals surface area contributed by atoms with Crippen molar-refractivity contribution in [3.8, 4) is 0 Å². The van der Waals surface area contributed by atoms with Crippen LogP contribution in [-0.4, -0.2) is 28.5 Å². The fourth-order valence-electron chi connectivity index (χ4n) is 1.02. The number of nitrogens with one attached hydrogen (secondary N) is 1. The van der Waals surface area contributed by atoms with Gasteiger partial charge in [0.1, 0.15) is 5.82 Å². The zero-order chi connectivity index (χ0) is 12.8. The number of thioether (sulfide) groups is 1. The highest BCUT2D eigenvalue weighted by Crippen LogP contribution is 2.25. The Morgan fingerprint density at radius 3 is 2.71 bits per heavy atom. The van der Waals surface area contributed by atoms with Crippen LogP contribution in [0.1, 0.15) is 0 Å². The zero-order valence-corrected chi connectivity index (χ0v) is 11.0. The van der Waals surface area contributed by atoms with Gasteiger partial charge in [-0.1, -0.05) is 6.07 Å². The van der Waals surface area contributed by atoms with Crippen LogP contribution >= 0.6 is 27.7 Å². The molecule has 92 valence electrons. The van der Waals surface area contributed by atoms with E-state index in [2.05, 4.69) is 21.2 Å². The number of carboxylic acids is 1. The number of benzene rings is 1. The van der Waals surface area contributed by atoms with Crippen molar-refractivity contribution in [2.24, 2.45) is 0 Å². The van der Waals surface area contributed by atoms with Crippen LogP contribution in [-0.2, 0) is 9.59 Å². The summed E-state index contributed by atoms with van der Waals surface area (Å²) in [5, 5.41) is 10.8. The minimum atomic E-state index is -0.991. The monoisotopic (exact) mass is 321 g/mol. The van der Waals surface area contributed by atoms with E-state index in [0.717, 1.165) is 11.8 Å². The Hall–Kier alpha value is -1.08. The van der Waals surface area contributed by atoms with Crippen LogP contribution in [0.25, 0.3) is 0 Å². The first-order valence-electron chi connectivity index (χ1n) is 4.54. The number of hydrogen-bond donors (Lipinski definition) is 2. The molecule has 1 amide bonds. The molecule has 0 fully saturated rings. The molecule has 0 heterocycles. The lowest BCUT2D eigenvalue weighted by molar-refractivity contribution is -0.133. The Morgan fingerprint density at radius 2 is 2.12 bits per heavy atom. The highest BCUT2D eigenvalue weighted by Gasteiger charge is 2.10. The summed E-state index contributed by atoms with van der Waals surface area (Å²) >= 11 is 4.06. The number of hydrogen-bond acceptors (Lipinski definition) is 3. The van der Waals surface area contributed by atoms with E-state index in [-0.39, 0.29) is 17.2 Å². The maximum atomic E-state index is 13.3. The molecule has 0 saturated heterocycles. The van der Waals surface area contributed by atoms with Gasteiger partial charge in [-0.25, -0.2) is 4.39 Å². The smallest absolute Gasteiger partial charge is 0.313 e. The van der Waals surface area contributed by atoms with E-state index < -0.39 is 17.7 Å². The minimum Gasteiger partial charge on any atom is -0.481 e. The first-order valence-corrected chi connectivity index (χ1v) is 6.49. The van der Waals surface area contributed by atoms with Gasteiger partial charge < -0.3 is 10.4 Å². The summed E-state index contributed by atoms with van der Waals surface area (Å²) in [6.45, 7) is 0. The molecule has 0 unspecified atom stereocenters. The van der Waals surface area contributed by atoms with Crippen molar-refractivity contribution in [3.05, 3.63) is 28.5 Å². The molecule has 4 nitrogen and oxygen atoms in total. The molecule has 0 aliphatic rings. The third-order valence-electron chi connectivity index (χ3n) is 1.69. The van der Waals surface area contributed by atoms with E-state index in [4.69, 9.17) is 5.11 Å². The van der Waals surface area contributed by atoms with Gasteiger partial charge in [-0.15, -0.1) is 11.8 Å². The molecule has 2 N–H and O–H groups in total. The maximum absolute atomic E-state index is 13.3. The summed E-state index contributed by atoms with van der Waals surface area (Å²) in [6, 6.07) is 4.34. The lowest BCUT2D eigenvalue weighted by atomic mass is 10.3. The predicted molar refractivity (Wildman–Crippen MR) is 67.7 cm³/mol. The molecule has 1 aromatic rings. The number of aliphatic carboxylic acids is 1. The molecule has 1 aromatic carbocycles.